The van der Waals surface area contributed by atoms with Crippen LogP contribution in [0.15, 0.2) is 22.4 Å². The molecule has 1 heterocycles. The van der Waals surface area contributed by atoms with Crippen LogP contribution in [0.25, 0.3) is 6.08 Å². The number of carbonyl (C=O) groups excluding carboxylic acids is 1. The standard InChI is InChI=1S/C9H7FO5/c1-14-9(13)7-3-2-5(15-7)4-6(10)8(11)12/h2-4H,1H3,(H,11,12). The summed E-state index contributed by atoms with van der Waals surface area (Å²) >= 11 is 0. The van der Waals surface area contributed by atoms with E-state index in [2.05, 4.69) is 4.74 Å². The van der Waals surface area contributed by atoms with Gasteiger partial charge in [-0.05, 0) is 12.1 Å². The Hall–Kier alpha value is -2.11. The Balaban J connectivity index is 2.90. The SMILES string of the molecule is COC(=O)c1ccc(C=C(F)C(=O)O)o1. The molecule has 0 amide bonds. The molecule has 0 atom stereocenters. The van der Waals surface area contributed by atoms with Gasteiger partial charge in [-0.2, -0.15) is 4.39 Å². The smallest absolute Gasteiger partial charge is 0.373 e. The predicted octanol–water partition coefficient (Wildman–Crippen LogP) is 1.46. The summed E-state index contributed by atoms with van der Waals surface area (Å²) < 4.78 is 21.7. The Kier molecular flexibility index (Phi) is 3.22. The molecule has 6 heteroatoms. The molecular weight excluding hydrogens is 207 g/mol. The molecule has 5 nitrogen and oxygen atoms in total. The number of ether oxygens (including phenoxy) is 1. The van der Waals surface area contributed by atoms with Crippen molar-refractivity contribution in [2.75, 3.05) is 7.11 Å². The fourth-order valence-corrected chi connectivity index (χ4v) is 0.827. The number of esters is 1. The fraction of sp³-hybridized carbons (Fsp3) is 0.111. The normalized spacial score (nSPS) is 11.2. The second-order valence-corrected chi connectivity index (χ2v) is 2.49. The summed E-state index contributed by atoms with van der Waals surface area (Å²) in [5.74, 6) is -3.99. The molecule has 0 spiro atoms. The van der Waals surface area contributed by atoms with Crippen LogP contribution >= 0.6 is 0 Å². The molecule has 1 N–H and O–H groups in total. The Morgan fingerprint density at radius 2 is 2.20 bits per heavy atom. The lowest BCUT2D eigenvalue weighted by atomic mass is 10.4. The van der Waals surface area contributed by atoms with Gasteiger partial charge in [0.15, 0.2) is 0 Å². The average molecular weight is 214 g/mol. The van der Waals surface area contributed by atoms with Crippen LogP contribution in [0.2, 0.25) is 0 Å². The van der Waals surface area contributed by atoms with E-state index in [1.54, 1.807) is 0 Å². The van der Waals surface area contributed by atoms with E-state index in [0.717, 1.165) is 7.11 Å². The molecule has 0 aliphatic rings. The van der Waals surface area contributed by atoms with Crippen molar-refractivity contribution in [1.82, 2.24) is 0 Å². The predicted molar refractivity (Wildman–Crippen MR) is 46.8 cm³/mol. The zero-order chi connectivity index (χ0) is 11.4. The van der Waals surface area contributed by atoms with Crippen molar-refractivity contribution >= 4 is 18.0 Å². The van der Waals surface area contributed by atoms with Gasteiger partial charge in [0.05, 0.1) is 7.11 Å². The molecule has 0 bridgehead atoms. The zero-order valence-corrected chi connectivity index (χ0v) is 7.69. The Morgan fingerprint density at radius 1 is 1.53 bits per heavy atom. The molecule has 0 saturated heterocycles. The molecular formula is C9H7FO5. The van der Waals surface area contributed by atoms with Crippen LogP contribution in [0.3, 0.4) is 0 Å². The van der Waals surface area contributed by atoms with Crippen LogP contribution in [0, 0.1) is 0 Å². The molecule has 80 valence electrons. The average Bonchev–Trinajstić information content (AvgIpc) is 2.65. The first-order chi connectivity index (χ1) is 7.04. The molecule has 1 aromatic heterocycles. The highest BCUT2D eigenvalue weighted by molar-refractivity contribution is 5.90. The first kappa shape index (κ1) is 11.0. The highest BCUT2D eigenvalue weighted by Crippen LogP contribution is 2.13. The van der Waals surface area contributed by atoms with Gasteiger partial charge >= 0.3 is 11.9 Å². The van der Waals surface area contributed by atoms with Crippen LogP contribution in [0.4, 0.5) is 4.39 Å². The van der Waals surface area contributed by atoms with Gasteiger partial charge < -0.3 is 14.3 Å². The van der Waals surface area contributed by atoms with E-state index in [9.17, 15) is 14.0 Å². The van der Waals surface area contributed by atoms with Gasteiger partial charge in [-0.3, -0.25) is 0 Å². The van der Waals surface area contributed by atoms with E-state index >= 15 is 0 Å². The van der Waals surface area contributed by atoms with Crippen molar-refractivity contribution in [2.45, 2.75) is 0 Å². The van der Waals surface area contributed by atoms with Gasteiger partial charge in [0, 0.05) is 6.08 Å². The largest absolute Gasteiger partial charge is 0.476 e. The highest BCUT2D eigenvalue weighted by atomic mass is 19.1. The molecule has 15 heavy (non-hydrogen) atoms. The molecule has 0 aliphatic heterocycles. The number of halogens is 1. The van der Waals surface area contributed by atoms with Gasteiger partial charge in [-0.1, -0.05) is 0 Å². The third kappa shape index (κ3) is 2.67. The van der Waals surface area contributed by atoms with Crippen LogP contribution in [-0.2, 0) is 9.53 Å². The van der Waals surface area contributed by atoms with E-state index in [1.165, 1.54) is 12.1 Å². The fourth-order valence-electron chi connectivity index (χ4n) is 0.827. The van der Waals surface area contributed by atoms with E-state index in [4.69, 9.17) is 9.52 Å². The molecule has 1 rings (SSSR count). The number of carboxylic acid groups (broad SMARTS) is 1. The maximum atomic E-state index is 12.6. The van der Waals surface area contributed by atoms with Crippen molar-refractivity contribution in [3.8, 4) is 0 Å². The maximum absolute atomic E-state index is 12.6. The third-order valence-corrected chi connectivity index (χ3v) is 1.49. The van der Waals surface area contributed by atoms with Gasteiger partial charge in [0.25, 0.3) is 0 Å². The zero-order valence-electron chi connectivity index (χ0n) is 7.69. The molecule has 0 radical (unpaired) electrons. The van der Waals surface area contributed by atoms with Gasteiger partial charge in [0.2, 0.25) is 11.6 Å². The van der Waals surface area contributed by atoms with E-state index in [0.29, 0.717) is 6.08 Å². The number of methoxy groups -OCH3 is 1. The van der Waals surface area contributed by atoms with Crippen molar-refractivity contribution in [3.05, 3.63) is 29.5 Å². The van der Waals surface area contributed by atoms with Crippen LogP contribution in [0.1, 0.15) is 16.3 Å². The molecule has 0 saturated carbocycles. The lowest BCUT2D eigenvalue weighted by Crippen LogP contribution is -1.98. The number of rotatable bonds is 3. The number of carboxylic acids is 1. The molecule has 0 aromatic carbocycles. The molecule has 0 unspecified atom stereocenters. The van der Waals surface area contributed by atoms with Crippen molar-refractivity contribution < 1.29 is 28.2 Å². The minimum absolute atomic E-state index is 0.0738. The van der Waals surface area contributed by atoms with Gasteiger partial charge in [-0.15, -0.1) is 0 Å². The first-order valence-corrected chi connectivity index (χ1v) is 3.83. The lowest BCUT2D eigenvalue weighted by Gasteiger charge is -1.92. The number of hydrogen-bond donors (Lipinski definition) is 1. The minimum Gasteiger partial charge on any atom is -0.476 e. The van der Waals surface area contributed by atoms with Gasteiger partial charge in [-0.25, -0.2) is 9.59 Å². The van der Waals surface area contributed by atoms with Crippen LogP contribution < -0.4 is 0 Å². The van der Waals surface area contributed by atoms with Crippen molar-refractivity contribution in [2.24, 2.45) is 0 Å². The Morgan fingerprint density at radius 3 is 2.73 bits per heavy atom. The molecule has 1 aromatic rings. The summed E-state index contributed by atoms with van der Waals surface area (Å²) in [7, 11) is 1.16. The van der Waals surface area contributed by atoms with Crippen LogP contribution in [0.5, 0.6) is 0 Å². The second-order valence-electron chi connectivity index (χ2n) is 2.49. The summed E-state index contributed by atoms with van der Waals surface area (Å²) in [5, 5.41) is 8.23. The van der Waals surface area contributed by atoms with E-state index in [-0.39, 0.29) is 11.5 Å². The molecule has 0 aliphatic carbocycles. The van der Waals surface area contributed by atoms with Crippen LogP contribution in [-0.4, -0.2) is 24.2 Å². The first-order valence-electron chi connectivity index (χ1n) is 3.83. The van der Waals surface area contributed by atoms with Crippen molar-refractivity contribution in [3.63, 3.8) is 0 Å². The van der Waals surface area contributed by atoms with E-state index in [1.807, 2.05) is 0 Å². The Labute approximate surface area is 83.8 Å². The highest BCUT2D eigenvalue weighted by Gasteiger charge is 2.12. The summed E-state index contributed by atoms with van der Waals surface area (Å²) in [5.41, 5.74) is 0. The van der Waals surface area contributed by atoms with Crippen molar-refractivity contribution in [1.29, 1.82) is 0 Å². The number of furan rings is 1. The summed E-state index contributed by atoms with van der Waals surface area (Å²) in [6.45, 7) is 0. The monoisotopic (exact) mass is 214 g/mol. The second kappa shape index (κ2) is 4.41. The maximum Gasteiger partial charge on any atom is 0.373 e. The minimum atomic E-state index is -1.70. The molecule has 0 fully saturated rings. The topological polar surface area (TPSA) is 76.7 Å². The Bertz CT molecular complexity index is 418. The van der Waals surface area contributed by atoms with E-state index < -0.39 is 17.8 Å². The number of carbonyl (C=O) groups is 2. The number of aliphatic carboxylic acids is 1. The third-order valence-electron chi connectivity index (χ3n) is 1.49. The lowest BCUT2D eigenvalue weighted by molar-refractivity contribution is -0.134. The summed E-state index contributed by atoms with van der Waals surface area (Å²) in [6.07, 6.45) is 0.661. The number of hydrogen-bond acceptors (Lipinski definition) is 4. The summed E-state index contributed by atoms with van der Waals surface area (Å²) in [4.78, 5) is 21.0. The quantitative estimate of drug-likeness (QED) is 0.608. The summed E-state index contributed by atoms with van der Waals surface area (Å²) in [6, 6.07) is 2.52. The van der Waals surface area contributed by atoms with Gasteiger partial charge in [0.1, 0.15) is 5.76 Å².